The average Bonchev–Trinajstić information content (AvgIpc) is 3.53. The van der Waals surface area contributed by atoms with Crippen molar-refractivity contribution in [1.82, 2.24) is 19.3 Å². The molecule has 11 nitrogen and oxygen atoms in total. The lowest BCUT2D eigenvalue weighted by molar-refractivity contribution is 0.0193. The van der Waals surface area contributed by atoms with E-state index in [0.29, 0.717) is 61.8 Å². The molecule has 8 rings (SSSR count). The molecule has 5 aromatic rings. The van der Waals surface area contributed by atoms with E-state index in [1.807, 2.05) is 60.7 Å². The number of fused-ring (bicyclic) bond motifs is 2. The Balaban J connectivity index is 1.18. The first-order chi connectivity index (χ1) is 27.5. The molecule has 3 aliphatic heterocycles. The van der Waals surface area contributed by atoms with Gasteiger partial charge in [-0.15, -0.1) is 0 Å². The molecule has 294 valence electrons. The van der Waals surface area contributed by atoms with E-state index >= 15 is 4.79 Å². The van der Waals surface area contributed by atoms with Crippen LogP contribution < -0.4 is 9.64 Å². The highest BCUT2D eigenvalue weighted by Gasteiger charge is 2.35. The number of ether oxygens (including phenoxy) is 2. The van der Waals surface area contributed by atoms with Crippen LogP contribution in [0.4, 0.5) is 10.5 Å². The van der Waals surface area contributed by atoms with Gasteiger partial charge in [-0.3, -0.25) is 14.5 Å². The van der Waals surface area contributed by atoms with Crippen LogP contribution in [0.25, 0.3) is 11.3 Å². The molecule has 1 aromatic heterocycles. The molecule has 11 heteroatoms. The minimum atomic E-state index is -0.432. The van der Waals surface area contributed by atoms with Gasteiger partial charge in [0.25, 0.3) is 11.8 Å². The van der Waals surface area contributed by atoms with E-state index in [1.54, 1.807) is 53.2 Å². The molecule has 0 aliphatic carbocycles. The number of aromatic hydroxyl groups is 1. The van der Waals surface area contributed by atoms with Gasteiger partial charge in [0.2, 0.25) is 0 Å². The molecule has 1 fully saturated rings. The van der Waals surface area contributed by atoms with Gasteiger partial charge in [0.1, 0.15) is 11.5 Å². The van der Waals surface area contributed by atoms with Crippen molar-refractivity contribution >= 4 is 23.6 Å². The van der Waals surface area contributed by atoms with E-state index in [1.165, 1.54) is 5.56 Å². The van der Waals surface area contributed by atoms with Gasteiger partial charge in [0, 0.05) is 87.6 Å². The number of aryl methyl sites for hydroxylation is 1. The number of rotatable bonds is 7. The van der Waals surface area contributed by atoms with Gasteiger partial charge in [0.05, 0.1) is 18.8 Å². The van der Waals surface area contributed by atoms with Crippen LogP contribution in [-0.2, 0) is 37.7 Å². The zero-order valence-electron chi connectivity index (χ0n) is 33.0. The third kappa shape index (κ3) is 7.77. The summed E-state index contributed by atoms with van der Waals surface area (Å²) in [4.78, 5) is 50.5. The largest absolute Gasteiger partial charge is 0.508 e. The Labute approximate surface area is 333 Å². The van der Waals surface area contributed by atoms with Crippen molar-refractivity contribution in [3.05, 3.63) is 136 Å². The molecule has 1 N–H and O–H groups in total. The Kier molecular flexibility index (Phi) is 10.6. The Morgan fingerprint density at radius 1 is 0.825 bits per heavy atom. The molecular weight excluding hydrogens is 719 g/mol. The van der Waals surface area contributed by atoms with Gasteiger partial charge < -0.3 is 33.8 Å². The molecule has 4 aromatic carbocycles. The number of hydrogen-bond acceptors (Lipinski definition) is 7. The number of hydrogen-bond donors (Lipinski definition) is 1. The maximum absolute atomic E-state index is 15.4. The quantitative estimate of drug-likeness (QED) is 0.195. The van der Waals surface area contributed by atoms with Crippen LogP contribution in [-0.4, -0.2) is 94.8 Å². The summed E-state index contributed by atoms with van der Waals surface area (Å²) in [7, 11) is 3.64. The summed E-state index contributed by atoms with van der Waals surface area (Å²) in [6.45, 7) is 8.84. The van der Waals surface area contributed by atoms with E-state index < -0.39 is 6.09 Å². The maximum atomic E-state index is 15.4. The van der Waals surface area contributed by atoms with Crippen molar-refractivity contribution < 1.29 is 29.0 Å². The van der Waals surface area contributed by atoms with Crippen molar-refractivity contribution in [2.75, 3.05) is 51.3 Å². The highest BCUT2D eigenvalue weighted by molar-refractivity contribution is 6.08. The number of nitrogens with zero attached hydrogens (tertiary/aromatic N) is 5. The van der Waals surface area contributed by atoms with Gasteiger partial charge in [-0.1, -0.05) is 42.0 Å². The molecule has 3 amide bonds. The molecule has 0 spiro atoms. The molecule has 4 heterocycles. The summed E-state index contributed by atoms with van der Waals surface area (Å²) in [6.07, 6.45) is 0.887. The fourth-order valence-electron chi connectivity index (χ4n) is 8.30. The summed E-state index contributed by atoms with van der Waals surface area (Å²) in [5, 5.41) is 9.84. The number of morpholine rings is 1. The highest BCUT2D eigenvalue weighted by atomic mass is 16.6. The molecule has 0 saturated carbocycles. The predicted molar refractivity (Wildman–Crippen MR) is 219 cm³/mol. The second-order valence-corrected chi connectivity index (χ2v) is 15.5. The van der Waals surface area contributed by atoms with Crippen molar-refractivity contribution in [3.8, 4) is 22.8 Å². The van der Waals surface area contributed by atoms with Gasteiger partial charge in [-0.25, -0.2) is 4.79 Å². The maximum Gasteiger partial charge on any atom is 0.415 e. The van der Waals surface area contributed by atoms with Crippen molar-refractivity contribution in [1.29, 1.82) is 0 Å². The third-order valence-corrected chi connectivity index (χ3v) is 11.8. The lowest BCUT2D eigenvalue weighted by atomic mass is 9.89. The fraction of sp³-hybridized carbons (Fsp3) is 0.326. The predicted octanol–water partition coefficient (Wildman–Crippen LogP) is 6.75. The van der Waals surface area contributed by atoms with E-state index in [-0.39, 0.29) is 23.6 Å². The van der Waals surface area contributed by atoms with E-state index in [4.69, 9.17) is 9.47 Å². The van der Waals surface area contributed by atoms with Crippen LogP contribution in [0.2, 0.25) is 0 Å². The molecule has 0 unspecified atom stereocenters. The highest BCUT2D eigenvalue weighted by Crippen LogP contribution is 2.36. The summed E-state index contributed by atoms with van der Waals surface area (Å²) in [5.74, 6) is 0.317. The van der Waals surface area contributed by atoms with Crippen molar-refractivity contribution in [2.45, 2.75) is 45.8 Å². The number of amides is 3. The smallest absolute Gasteiger partial charge is 0.415 e. The van der Waals surface area contributed by atoms with Crippen LogP contribution in [0.15, 0.2) is 91.0 Å². The minimum Gasteiger partial charge on any atom is -0.508 e. The first-order valence-electron chi connectivity index (χ1n) is 19.6. The van der Waals surface area contributed by atoms with E-state index in [2.05, 4.69) is 29.2 Å². The summed E-state index contributed by atoms with van der Waals surface area (Å²) in [6, 6.07) is 28.2. The van der Waals surface area contributed by atoms with Crippen LogP contribution in [0.3, 0.4) is 0 Å². The second kappa shape index (κ2) is 15.9. The van der Waals surface area contributed by atoms with Crippen LogP contribution in [0.1, 0.15) is 54.2 Å². The number of carbonyl (C=O) groups is 3. The summed E-state index contributed by atoms with van der Waals surface area (Å²) in [5.41, 5.74) is 9.36. The van der Waals surface area contributed by atoms with Crippen LogP contribution in [0, 0.1) is 13.8 Å². The monoisotopic (exact) mass is 767 g/mol. The minimum absolute atomic E-state index is 0.0680. The Morgan fingerprint density at radius 2 is 1.54 bits per heavy atom. The van der Waals surface area contributed by atoms with Gasteiger partial charge in [-0.05, 0) is 104 Å². The molecule has 1 atom stereocenters. The lowest BCUT2D eigenvalue weighted by Gasteiger charge is -2.41. The third-order valence-electron chi connectivity index (χ3n) is 11.8. The standard InChI is InChI=1S/C46H49N5O6/c1-30-9-15-39(16-10-30)57-46(55)50-18-17-33-24-41(43-26-40(31(2)47(43)3)44(53)48(4)36-11-13-38(52)14-12-36)42(25-35(33)27-50)45(54)51-28-34-8-6-5-7-32(34)23-37(51)29-49-19-21-56-22-20-49/h5-16,24-26,37,52H,17-23,27-29H2,1-4H3/t37-/m0/s1. The first kappa shape index (κ1) is 38.0. The number of phenols is 1. The van der Waals surface area contributed by atoms with Crippen molar-refractivity contribution in [2.24, 2.45) is 7.05 Å². The zero-order valence-corrected chi connectivity index (χ0v) is 33.0. The first-order valence-corrected chi connectivity index (χ1v) is 19.6. The van der Waals surface area contributed by atoms with E-state index in [0.717, 1.165) is 65.3 Å². The molecule has 3 aliphatic rings. The van der Waals surface area contributed by atoms with Crippen LogP contribution in [0.5, 0.6) is 11.5 Å². The fourth-order valence-corrected chi connectivity index (χ4v) is 8.30. The average molecular weight is 768 g/mol. The zero-order chi connectivity index (χ0) is 39.8. The van der Waals surface area contributed by atoms with E-state index in [9.17, 15) is 14.7 Å². The number of anilines is 1. The second-order valence-electron chi connectivity index (χ2n) is 15.5. The number of aromatic nitrogens is 1. The summed E-state index contributed by atoms with van der Waals surface area (Å²) < 4.78 is 13.4. The molecular formula is C46H49N5O6. The Hall–Kier alpha value is -5.91. The number of phenolic OH excluding ortho intramolecular Hbond substituents is 1. The van der Waals surface area contributed by atoms with Gasteiger partial charge >= 0.3 is 6.09 Å². The SMILES string of the molecule is Cc1ccc(OC(=O)N2CCc3cc(-c4cc(C(=O)N(C)c5ccc(O)cc5)c(C)n4C)c(C(=O)N4Cc5ccccc5C[C@H]4CN4CCOCC4)cc3C2)cc1. The lowest BCUT2D eigenvalue weighted by Crippen LogP contribution is -2.52. The molecule has 0 radical (unpaired) electrons. The molecule has 57 heavy (non-hydrogen) atoms. The summed E-state index contributed by atoms with van der Waals surface area (Å²) >= 11 is 0. The van der Waals surface area contributed by atoms with Crippen LogP contribution >= 0.6 is 0 Å². The Bertz CT molecular complexity index is 2310. The van der Waals surface area contributed by atoms with Gasteiger partial charge in [0.15, 0.2) is 0 Å². The number of benzene rings is 4. The molecule has 1 saturated heterocycles. The number of carbonyl (C=O) groups excluding carboxylic acids is 3. The van der Waals surface area contributed by atoms with Gasteiger partial charge in [-0.2, -0.15) is 0 Å². The normalized spacial score (nSPS) is 16.8. The Morgan fingerprint density at radius 3 is 2.28 bits per heavy atom. The topological polar surface area (TPSA) is 108 Å². The molecule has 0 bridgehead atoms. The van der Waals surface area contributed by atoms with Crippen molar-refractivity contribution in [3.63, 3.8) is 0 Å².